The molecule has 0 aromatic carbocycles. The lowest BCUT2D eigenvalue weighted by molar-refractivity contribution is -0.301. The van der Waals surface area contributed by atoms with Gasteiger partial charge < -0.3 is 39.0 Å². The van der Waals surface area contributed by atoms with Crippen molar-refractivity contribution in [2.24, 2.45) is 29.6 Å². The van der Waals surface area contributed by atoms with Gasteiger partial charge in [0.1, 0.15) is 18.1 Å². The number of methoxy groups -OCH3 is 1. The Balaban J connectivity index is 1.44. The van der Waals surface area contributed by atoms with Gasteiger partial charge in [0.15, 0.2) is 17.7 Å². The lowest BCUT2D eigenvalue weighted by Gasteiger charge is -2.66. The standard InChI is InChI=1S/C38H65N3O9/c1-12-29-37(7)27(14-30(42)50-37)24(5)39-19-21(2)15-36(6,46-11)33(22(3)31(43)23(4)34(45)48-29)49-35-32(44)28(40(8)9)13-26(47-35)20-41(10)38-16-25(17-38)18-38/h21-29,32-33,35,39,44H,12-20H2,1-11H3/t21-,22+,23?,24-,25?,26?,27-,28?,29-,32?,33-,35?,36-,37+,38?/m1/s1. The third-order valence-electron chi connectivity index (χ3n) is 13.4. The fourth-order valence-electron chi connectivity index (χ4n) is 9.84. The summed E-state index contributed by atoms with van der Waals surface area (Å²) >= 11 is 0. The highest BCUT2D eigenvalue weighted by molar-refractivity contribution is 6.00. The number of aliphatic hydroxyl groups excluding tert-OH is 1. The number of nitrogens with zero attached hydrogens (tertiary/aromatic N) is 2. The Morgan fingerprint density at radius 2 is 1.68 bits per heavy atom. The molecule has 5 unspecified atom stereocenters. The van der Waals surface area contributed by atoms with E-state index < -0.39 is 53.6 Å². The van der Waals surface area contributed by atoms with Crippen molar-refractivity contribution in [3.8, 4) is 0 Å². The van der Waals surface area contributed by atoms with Gasteiger partial charge in [-0.2, -0.15) is 0 Å². The van der Waals surface area contributed by atoms with E-state index in [9.17, 15) is 19.5 Å². The molecule has 3 saturated carbocycles. The summed E-state index contributed by atoms with van der Waals surface area (Å²) in [6.07, 6.45) is 1.72. The number of carbonyl (C=O) groups excluding carboxylic acids is 3. The minimum absolute atomic E-state index is 0.0589. The Kier molecular flexibility index (Phi) is 11.9. The van der Waals surface area contributed by atoms with Crippen molar-refractivity contribution in [3.63, 3.8) is 0 Å². The van der Waals surface area contributed by atoms with Gasteiger partial charge in [-0.05, 0) is 106 Å². The van der Waals surface area contributed by atoms with Crippen LogP contribution in [0.25, 0.3) is 0 Å². The number of rotatable bonds is 8. The summed E-state index contributed by atoms with van der Waals surface area (Å²) in [6, 6.07) is -0.346. The van der Waals surface area contributed by atoms with Crippen LogP contribution in [-0.2, 0) is 38.1 Å². The van der Waals surface area contributed by atoms with E-state index in [1.807, 2.05) is 46.7 Å². The van der Waals surface area contributed by atoms with Crippen LogP contribution in [0.2, 0.25) is 0 Å². The van der Waals surface area contributed by atoms with Crippen LogP contribution in [-0.4, -0.2) is 134 Å². The summed E-state index contributed by atoms with van der Waals surface area (Å²) in [5.74, 6) is -2.61. The number of Topliss-reactive ketones (excluding diaryl/α,β-unsaturated/α-hetero) is 1. The predicted octanol–water partition coefficient (Wildman–Crippen LogP) is 3.17. The monoisotopic (exact) mass is 707 g/mol. The first kappa shape index (κ1) is 39.5. The normalized spacial score (nSPS) is 47.4. The van der Waals surface area contributed by atoms with E-state index in [2.05, 4.69) is 24.2 Å². The number of fused-ring (bicyclic) bond motifs is 1. The zero-order valence-corrected chi connectivity index (χ0v) is 32.4. The van der Waals surface area contributed by atoms with Crippen LogP contribution in [0.4, 0.5) is 0 Å². The molecule has 2 N–H and O–H groups in total. The summed E-state index contributed by atoms with van der Waals surface area (Å²) in [6.45, 7) is 14.5. The van der Waals surface area contributed by atoms with Crippen LogP contribution in [0.15, 0.2) is 0 Å². The molecule has 6 aliphatic rings. The molecule has 0 aromatic heterocycles. The first-order valence-corrected chi connectivity index (χ1v) is 19.0. The van der Waals surface area contributed by atoms with Crippen molar-refractivity contribution in [1.82, 2.24) is 15.1 Å². The molecule has 6 fully saturated rings. The van der Waals surface area contributed by atoms with Gasteiger partial charge in [-0.25, -0.2) is 0 Å². The molecule has 3 aliphatic heterocycles. The number of cyclic esters (lactones) is 1. The fraction of sp³-hybridized carbons (Fsp3) is 0.921. The minimum atomic E-state index is -1.12. The number of aliphatic hydroxyl groups is 1. The summed E-state index contributed by atoms with van der Waals surface area (Å²) in [5, 5.41) is 15.3. The maximum Gasteiger partial charge on any atom is 0.316 e. The lowest BCUT2D eigenvalue weighted by atomic mass is 9.49. The van der Waals surface area contributed by atoms with E-state index in [1.54, 1.807) is 21.0 Å². The van der Waals surface area contributed by atoms with Gasteiger partial charge in [0.05, 0.1) is 24.2 Å². The van der Waals surface area contributed by atoms with Gasteiger partial charge in [0.25, 0.3) is 0 Å². The van der Waals surface area contributed by atoms with Crippen LogP contribution < -0.4 is 5.32 Å². The molecule has 0 aromatic rings. The largest absolute Gasteiger partial charge is 0.458 e. The molecule has 0 amide bonds. The number of hydrogen-bond donors (Lipinski definition) is 2. The van der Waals surface area contributed by atoms with Gasteiger partial charge >= 0.3 is 11.9 Å². The van der Waals surface area contributed by atoms with Crippen LogP contribution in [0.5, 0.6) is 0 Å². The smallest absolute Gasteiger partial charge is 0.316 e. The van der Waals surface area contributed by atoms with E-state index in [0.29, 0.717) is 25.8 Å². The average molecular weight is 708 g/mol. The van der Waals surface area contributed by atoms with Crippen LogP contribution >= 0.6 is 0 Å². The van der Waals surface area contributed by atoms with Gasteiger partial charge in [-0.3, -0.25) is 19.3 Å². The number of hydrogen-bond acceptors (Lipinski definition) is 12. The second-order valence-electron chi connectivity index (χ2n) is 17.3. The van der Waals surface area contributed by atoms with Gasteiger partial charge in [-0.1, -0.05) is 20.8 Å². The SMILES string of the molecule is CC[C@H]1OC(=O)C(C)C(=O)[C@H](C)[C@@H](OC2OC(CN(C)C34CC(C3)C4)CC(N(C)C)C2O)[C@](C)(OC)C[C@@H](C)CN[C@H](C)[C@H]2CC(=O)O[C@@]21C. The van der Waals surface area contributed by atoms with Crippen molar-refractivity contribution < 1.29 is 43.2 Å². The molecule has 6 rings (SSSR count). The van der Waals surface area contributed by atoms with E-state index >= 15 is 0 Å². The highest BCUT2D eigenvalue weighted by Crippen LogP contribution is 2.60. The van der Waals surface area contributed by atoms with Crippen molar-refractivity contribution in [3.05, 3.63) is 0 Å². The lowest BCUT2D eigenvalue weighted by Crippen LogP contribution is -2.68. The summed E-state index contributed by atoms with van der Waals surface area (Å²) in [7, 11) is 7.69. The number of likely N-dealkylation sites (N-methyl/N-ethyl adjacent to an activating group) is 2. The number of ketones is 1. The maximum absolute atomic E-state index is 14.3. The third-order valence-corrected chi connectivity index (χ3v) is 13.4. The molecule has 3 heterocycles. The number of ether oxygens (including phenoxy) is 5. The van der Waals surface area contributed by atoms with Crippen molar-refractivity contribution in [1.29, 1.82) is 0 Å². The molecule has 12 heteroatoms. The molecule has 0 radical (unpaired) electrons. The van der Waals surface area contributed by atoms with E-state index in [4.69, 9.17) is 23.7 Å². The van der Waals surface area contributed by atoms with Crippen LogP contribution in [0.1, 0.15) is 93.4 Å². The quantitative estimate of drug-likeness (QED) is 0.283. The maximum atomic E-state index is 14.3. The van der Waals surface area contributed by atoms with Crippen molar-refractivity contribution in [2.75, 3.05) is 41.3 Å². The minimum Gasteiger partial charge on any atom is -0.458 e. The van der Waals surface area contributed by atoms with E-state index in [-0.39, 0.29) is 53.7 Å². The van der Waals surface area contributed by atoms with Gasteiger partial charge in [-0.15, -0.1) is 0 Å². The van der Waals surface area contributed by atoms with E-state index in [0.717, 1.165) is 12.5 Å². The average Bonchev–Trinajstić information content (AvgIpc) is 3.33. The van der Waals surface area contributed by atoms with Gasteiger partial charge in [0, 0.05) is 43.1 Å². The molecular weight excluding hydrogens is 642 g/mol. The Bertz CT molecular complexity index is 1230. The fourth-order valence-corrected chi connectivity index (χ4v) is 9.84. The number of nitrogens with one attached hydrogen (secondary N) is 1. The Morgan fingerprint density at radius 1 is 1.02 bits per heavy atom. The number of carbonyl (C=O) groups is 3. The Hall–Kier alpha value is -1.67. The molecule has 2 bridgehead atoms. The highest BCUT2D eigenvalue weighted by atomic mass is 16.7. The molecule has 13 atom stereocenters. The Labute approximate surface area is 299 Å². The molecule has 12 nitrogen and oxygen atoms in total. The Morgan fingerprint density at radius 3 is 2.24 bits per heavy atom. The number of esters is 2. The van der Waals surface area contributed by atoms with Crippen molar-refractivity contribution in [2.45, 2.75) is 153 Å². The zero-order chi connectivity index (χ0) is 36.9. The first-order valence-electron chi connectivity index (χ1n) is 19.0. The topological polar surface area (TPSA) is 136 Å². The summed E-state index contributed by atoms with van der Waals surface area (Å²) in [4.78, 5) is 45.1. The second kappa shape index (κ2) is 15.0. The highest BCUT2D eigenvalue weighted by Gasteiger charge is 2.59. The molecule has 3 aliphatic carbocycles. The van der Waals surface area contributed by atoms with Gasteiger partial charge in [0.2, 0.25) is 0 Å². The second-order valence-corrected chi connectivity index (χ2v) is 17.3. The van der Waals surface area contributed by atoms with Crippen LogP contribution in [0.3, 0.4) is 0 Å². The molecule has 286 valence electrons. The predicted molar refractivity (Wildman–Crippen MR) is 187 cm³/mol. The third kappa shape index (κ3) is 7.41. The van der Waals surface area contributed by atoms with E-state index in [1.165, 1.54) is 19.3 Å². The molecule has 3 saturated heterocycles. The first-order chi connectivity index (χ1) is 23.4. The molecular formula is C38H65N3O9. The van der Waals surface area contributed by atoms with Crippen molar-refractivity contribution >= 4 is 17.7 Å². The summed E-state index contributed by atoms with van der Waals surface area (Å²) < 4.78 is 31.6. The molecule has 0 spiro atoms. The molecule has 50 heavy (non-hydrogen) atoms. The zero-order valence-electron chi connectivity index (χ0n) is 32.4. The summed E-state index contributed by atoms with van der Waals surface area (Å²) in [5.41, 5.74) is -1.77. The van der Waals surface area contributed by atoms with Crippen LogP contribution in [0, 0.1) is 29.6 Å².